The molecule has 0 atom stereocenters. The molecule has 1 aliphatic rings. The summed E-state index contributed by atoms with van der Waals surface area (Å²) >= 11 is 0. The van der Waals surface area contributed by atoms with Crippen LogP contribution in [0.15, 0.2) is 95.9 Å². The number of halogens is 3. The molecule has 0 spiro atoms. The number of carbonyl (C=O) groups is 1. The van der Waals surface area contributed by atoms with Gasteiger partial charge in [-0.25, -0.2) is 14.0 Å². The van der Waals surface area contributed by atoms with Gasteiger partial charge in [0.15, 0.2) is 0 Å². The maximum Gasteiger partial charge on any atom is 0.416 e. The van der Waals surface area contributed by atoms with Crippen LogP contribution in [0, 0.1) is 24.2 Å². The van der Waals surface area contributed by atoms with Gasteiger partial charge in [0.25, 0.3) is 0 Å². The second kappa shape index (κ2) is 14.6. The van der Waals surface area contributed by atoms with Gasteiger partial charge < -0.3 is 4.48 Å². The van der Waals surface area contributed by atoms with Crippen LogP contribution in [-0.4, -0.2) is 49.4 Å². The molecule has 0 saturated heterocycles. The van der Waals surface area contributed by atoms with E-state index in [4.69, 9.17) is 0 Å². The lowest BCUT2D eigenvalue weighted by atomic mass is 9.82. The lowest BCUT2D eigenvalue weighted by Crippen LogP contribution is -2.49. The van der Waals surface area contributed by atoms with Crippen molar-refractivity contribution in [3.8, 4) is 28.8 Å². The van der Waals surface area contributed by atoms with Crippen LogP contribution in [0.3, 0.4) is 0 Å². The highest BCUT2D eigenvalue weighted by Crippen LogP contribution is 2.35. The number of nitrogens with zero attached hydrogens (tertiary/aromatic N) is 6. The largest absolute Gasteiger partial charge is 0.416 e. The van der Waals surface area contributed by atoms with E-state index >= 15 is 0 Å². The number of nitriles is 1. The number of benzene rings is 3. The van der Waals surface area contributed by atoms with E-state index in [0.717, 1.165) is 64.4 Å². The number of alkyl halides is 3. The Morgan fingerprint density at radius 2 is 1.65 bits per heavy atom. The van der Waals surface area contributed by atoms with Crippen molar-refractivity contribution in [3.05, 3.63) is 124 Å². The molecule has 8 nitrogen and oxygen atoms in total. The predicted molar refractivity (Wildman–Crippen MR) is 190 cm³/mol. The first kappa shape index (κ1) is 35.6. The van der Waals surface area contributed by atoms with Crippen molar-refractivity contribution in [2.45, 2.75) is 70.6 Å². The molecule has 1 saturated carbocycles. The maximum atomic E-state index is 14.1. The van der Waals surface area contributed by atoms with Gasteiger partial charge in [-0.3, -0.25) is 9.36 Å². The zero-order chi connectivity index (χ0) is 36.3. The van der Waals surface area contributed by atoms with Crippen molar-refractivity contribution in [2.24, 2.45) is 5.92 Å². The molecule has 0 radical (unpaired) electrons. The summed E-state index contributed by atoms with van der Waals surface area (Å²) in [7, 11) is 4.60. The van der Waals surface area contributed by atoms with E-state index in [2.05, 4.69) is 49.5 Å². The monoisotopic (exact) mass is 695 g/mol. The molecule has 11 heteroatoms. The first-order chi connectivity index (χ1) is 24.4. The van der Waals surface area contributed by atoms with Gasteiger partial charge in [0.2, 0.25) is 5.91 Å². The van der Waals surface area contributed by atoms with Gasteiger partial charge in [-0.15, -0.1) is 0 Å². The highest BCUT2D eigenvalue weighted by molar-refractivity contribution is 5.84. The molecule has 0 amide bonds. The number of quaternary nitrogens is 1. The molecule has 0 bridgehead atoms. The zero-order valence-electron chi connectivity index (χ0n) is 29.1. The van der Waals surface area contributed by atoms with Crippen LogP contribution in [0.5, 0.6) is 0 Å². The predicted octanol–water partition coefficient (Wildman–Crippen LogP) is 8.34. The van der Waals surface area contributed by atoms with Crippen molar-refractivity contribution in [3.63, 3.8) is 0 Å². The molecule has 2 aromatic heterocycles. The third-order valence-electron chi connectivity index (χ3n) is 10.3. The van der Waals surface area contributed by atoms with E-state index in [1.54, 1.807) is 41.9 Å². The lowest BCUT2D eigenvalue weighted by Gasteiger charge is -2.42. The van der Waals surface area contributed by atoms with Crippen molar-refractivity contribution in [1.82, 2.24) is 18.9 Å². The summed E-state index contributed by atoms with van der Waals surface area (Å²) in [4.78, 5) is 28.2. The number of hydrogen-bond donors (Lipinski definition) is 0. The lowest BCUT2D eigenvalue weighted by molar-refractivity contribution is -0.929. The minimum atomic E-state index is -4.61. The van der Waals surface area contributed by atoms with Crippen LogP contribution in [0.25, 0.3) is 22.8 Å². The molecule has 0 aliphatic heterocycles. The van der Waals surface area contributed by atoms with Crippen molar-refractivity contribution >= 4 is 5.91 Å². The van der Waals surface area contributed by atoms with Gasteiger partial charge in [0, 0.05) is 12.0 Å². The third kappa shape index (κ3) is 7.61. The molecule has 1 fully saturated rings. The number of carbonyl (C=O) groups excluding carboxylic acids is 1. The van der Waals surface area contributed by atoms with E-state index in [9.17, 15) is 28.0 Å². The molecule has 6 rings (SSSR count). The van der Waals surface area contributed by atoms with E-state index in [-0.39, 0.29) is 17.8 Å². The van der Waals surface area contributed by atoms with Gasteiger partial charge >= 0.3 is 11.9 Å². The second-order valence-corrected chi connectivity index (χ2v) is 14.1. The molecule has 2 heterocycles. The van der Waals surface area contributed by atoms with Crippen LogP contribution in [0.1, 0.15) is 72.1 Å². The quantitative estimate of drug-likeness (QED) is 0.138. The van der Waals surface area contributed by atoms with Gasteiger partial charge in [0.05, 0.1) is 72.0 Å². The van der Waals surface area contributed by atoms with Crippen molar-refractivity contribution in [1.29, 1.82) is 5.26 Å². The summed E-state index contributed by atoms with van der Waals surface area (Å²) in [5.74, 6) is 0.0574. The van der Waals surface area contributed by atoms with Crippen LogP contribution >= 0.6 is 0 Å². The molecule has 0 unspecified atom stereocenters. The topological polar surface area (TPSA) is 85.6 Å². The Kier molecular flexibility index (Phi) is 10.2. The molecular formula is C40H42F3N6O2+. The summed E-state index contributed by atoms with van der Waals surface area (Å²) in [5, 5.41) is 13.7. The van der Waals surface area contributed by atoms with Gasteiger partial charge in [-0.05, 0) is 99.9 Å². The highest BCUT2D eigenvalue weighted by Gasteiger charge is 2.34. The Hall–Kier alpha value is -5.21. The first-order valence-corrected chi connectivity index (χ1v) is 17.3. The molecule has 264 valence electrons. The fourth-order valence-electron chi connectivity index (χ4n) is 7.60. The first-order valence-electron chi connectivity index (χ1n) is 17.3. The Bertz CT molecular complexity index is 2090. The minimum absolute atomic E-state index is 0.00918. The Morgan fingerprint density at radius 1 is 0.941 bits per heavy atom. The van der Waals surface area contributed by atoms with Crippen molar-refractivity contribution in [2.75, 3.05) is 14.1 Å². The molecule has 0 N–H and O–H groups in total. The van der Waals surface area contributed by atoms with Crippen LogP contribution in [0.4, 0.5) is 13.2 Å². The average molecular weight is 696 g/mol. The fraction of sp³-hybridized carbons (Fsp3) is 0.350. The zero-order valence-corrected chi connectivity index (χ0v) is 29.1. The SMILES string of the molecule is Cc1c(-c2ccnn2-c2ccc(C#N)cc2)n(C(=O)CCC[C@H]2CC[C@@H]([N+](C)(C)Cc3ccccc3)CC2)c(=O)n1-c1cccc(C(F)(F)F)c1. The molecular weight excluding hydrogens is 653 g/mol. The van der Waals surface area contributed by atoms with Crippen LogP contribution in [0.2, 0.25) is 0 Å². The van der Waals surface area contributed by atoms with Crippen LogP contribution in [-0.2, 0) is 12.7 Å². The highest BCUT2D eigenvalue weighted by atomic mass is 19.4. The normalized spacial score (nSPS) is 16.6. The summed E-state index contributed by atoms with van der Waals surface area (Å²) in [5.41, 5.74) is 1.72. The summed E-state index contributed by atoms with van der Waals surface area (Å²) in [6.45, 7) is 2.60. The number of aromatic nitrogens is 4. The molecule has 3 aromatic carbocycles. The van der Waals surface area contributed by atoms with E-state index < -0.39 is 23.3 Å². The number of hydrogen-bond acceptors (Lipinski definition) is 4. The van der Waals surface area contributed by atoms with Crippen molar-refractivity contribution < 1.29 is 22.4 Å². The maximum absolute atomic E-state index is 14.1. The smallest absolute Gasteiger partial charge is 0.322 e. The van der Waals surface area contributed by atoms with Gasteiger partial charge in [0.1, 0.15) is 6.54 Å². The van der Waals surface area contributed by atoms with E-state index in [1.165, 1.54) is 23.9 Å². The van der Waals surface area contributed by atoms with E-state index in [0.29, 0.717) is 41.0 Å². The average Bonchev–Trinajstić information content (AvgIpc) is 3.70. The second-order valence-electron chi connectivity index (χ2n) is 14.1. The number of imidazole rings is 1. The Balaban J connectivity index is 1.24. The fourth-order valence-corrected chi connectivity index (χ4v) is 7.60. The molecule has 1 aliphatic carbocycles. The molecule has 51 heavy (non-hydrogen) atoms. The van der Waals surface area contributed by atoms with Gasteiger partial charge in [-0.1, -0.05) is 36.4 Å². The summed E-state index contributed by atoms with van der Waals surface area (Å²) in [6.07, 6.45) is 2.85. The Labute approximate surface area is 295 Å². The summed E-state index contributed by atoms with van der Waals surface area (Å²) in [6, 6.07) is 26.1. The Morgan fingerprint density at radius 3 is 2.31 bits per heavy atom. The number of rotatable bonds is 10. The standard InChI is InChI=1S/C40H42F3N6O2/c1-28-38(36-23-24-45-48(36)33-19-15-30(26-44)16-20-33)47(39(51)46(28)34-13-8-12-32(25-34)40(41,42)43)37(50)14-7-11-29-17-21-35(22-18-29)49(2,3)27-31-9-5-4-6-10-31/h4-6,8-10,12-13,15-16,19-20,23-25,29,35H,7,11,14,17-18,21-22,27H2,1-3H3/q+1/t29-,35+. The third-order valence-corrected chi connectivity index (χ3v) is 10.3. The van der Waals surface area contributed by atoms with Crippen LogP contribution < -0.4 is 5.69 Å². The molecule has 5 aromatic rings. The minimum Gasteiger partial charge on any atom is -0.322 e. The van der Waals surface area contributed by atoms with E-state index in [1.807, 2.05) is 6.07 Å². The summed E-state index contributed by atoms with van der Waals surface area (Å²) < 4.78 is 45.8. The van der Waals surface area contributed by atoms with Gasteiger partial charge in [-0.2, -0.15) is 23.5 Å².